The lowest BCUT2D eigenvalue weighted by molar-refractivity contribution is 0.101. The second-order valence-corrected chi connectivity index (χ2v) is 4.38. The first-order valence-electron chi connectivity index (χ1n) is 5.86. The standard InChI is InChI=1S/C11H16N2OS.C2H6/c1-8(14)11-3-2-10(15-5-4-12)6-9(11)7-13;1-2/h2-3,6H,4-5,7,12-13H2,1H3;1-2H3. The van der Waals surface area contributed by atoms with Crippen LogP contribution in [0, 0.1) is 0 Å². The third-order valence-electron chi connectivity index (χ3n) is 2.06. The van der Waals surface area contributed by atoms with E-state index in [0.29, 0.717) is 13.1 Å². The van der Waals surface area contributed by atoms with Crippen molar-refractivity contribution in [3.8, 4) is 0 Å². The molecule has 0 spiro atoms. The molecule has 1 aromatic rings. The second-order valence-electron chi connectivity index (χ2n) is 3.22. The summed E-state index contributed by atoms with van der Waals surface area (Å²) in [5, 5.41) is 0. The molecule has 0 unspecified atom stereocenters. The Morgan fingerprint density at radius 3 is 2.41 bits per heavy atom. The molecule has 4 N–H and O–H groups in total. The van der Waals surface area contributed by atoms with Crippen LogP contribution in [0.1, 0.15) is 36.7 Å². The van der Waals surface area contributed by atoms with Crippen LogP contribution in [0.15, 0.2) is 23.1 Å². The molecule has 17 heavy (non-hydrogen) atoms. The van der Waals surface area contributed by atoms with Crippen LogP contribution in [0.4, 0.5) is 0 Å². The van der Waals surface area contributed by atoms with Crippen LogP contribution in [-0.2, 0) is 6.54 Å². The maximum atomic E-state index is 11.3. The molecule has 0 aliphatic rings. The van der Waals surface area contributed by atoms with Crippen LogP contribution in [0.25, 0.3) is 0 Å². The summed E-state index contributed by atoms with van der Waals surface area (Å²) in [6, 6.07) is 5.75. The van der Waals surface area contributed by atoms with Crippen molar-refractivity contribution < 1.29 is 4.79 Å². The van der Waals surface area contributed by atoms with Crippen molar-refractivity contribution >= 4 is 17.5 Å². The third kappa shape index (κ3) is 5.35. The Morgan fingerprint density at radius 1 is 1.29 bits per heavy atom. The maximum Gasteiger partial charge on any atom is 0.160 e. The van der Waals surface area contributed by atoms with E-state index in [1.807, 2.05) is 32.0 Å². The van der Waals surface area contributed by atoms with Crippen LogP contribution < -0.4 is 11.5 Å². The van der Waals surface area contributed by atoms with Gasteiger partial charge in [0.15, 0.2) is 5.78 Å². The van der Waals surface area contributed by atoms with Gasteiger partial charge in [-0.1, -0.05) is 13.8 Å². The molecule has 4 heteroatoms. The first kappa shape index (κ1) is 16.2. The number of thioether (sulfide) groups is 1. The predicted molar refractivity (Wildman–Crippen MR) is 75.5 cm³/mol. The highest BCUT2D eigenvalue weighted by Gasteiger charge is 2.06. The third-order valence-corrected chi connectivity index (χ3v) is 3.09. The molecule has 0 saturated carbocycles. The summed E-state index contributed by atoms with van der Waals surface area (Å²) in [5.74, 6) is 0.939. The number of carbonyl (C=O) groups excluding carboxylic acids is 1. The van der Waals surface area contributed by atoms with E-state index in [4.69, 9.17) is 11.5 Å². The predicted octanol–water partition coefficient (Wildman–Crippen LogP) is 2.42. The zero-order valence-corrected chi connectivity index (χ0v) is 11.6. The lowest BCUT2D eigenvalue weighted by Crippen LogP contribution is -2.05. The largest absolute Gasteiger partial charge is 0.330 e. The number of carbonyl (C=O) groups is 1. The van der Waals surface area contributed by atoms with Gasteiger partial charge in [0.05, 0.1) is 0 Å². The van der Waals surface area contributed by atoms with Gasteiger partial charge >= 0.3 is 0 Å². The van der Waals surface area contributed by atoms with E-state index in [9.17, 15) is 4.79 Å². The normalized spacial score (nSPS) is 9.47. The summed E-state index contributed by atoms with van der Waals surface area (Å²) in [6.45, 7) is 6.60. The molecule has 0 aliphatic carbocycles. The molecule has 0 aromatic heterocycles. The highest BCUT2D eigenvalue weighted by molar-refractivity contribution is 7.99. The summed E-state index contributed by atoms with van der Waals surface area (Å²) < 4.78 is 0. The van der Waals surface area contributed by atoms with Gasteiger partial charge < -0.3 is 11.5 Å². The van der Waals surface area contributed by atoms with E-state index in [1.54, 1.807) is 18.7 Å². The highest BCUT2D eigenvalue weighted by atomic mass is 32.2. The summed E-state index contributed by atoms with van der Waals surface area (Å²) in [7, 11) is 0. The molecule has 1 aromatic carbocycles. The van der Waals surface area contributed by atoms with Crippen LogP contribution in [0.5, 0.6) is 0 Å². The van der Waals surface area contributed by atoms with Gasteiger partial charge in [-0.15, -0.1) is 11.8 Å². The molecular weight excluding hydrogens is 232 g/mol. The Hall–Kier alpha value is -0.840. The molecule has 0 aliphatic heterocycles. The number of hydrogen-bond acceptors (Lipinski definition) is 4. The van der Waals surface area contributed by atoms with Crippen molar-refractivity contribution in [1.82, 2.24) is 0 Å². The SMILES string of the molecule is CC.CC(=O)c1ccc(SCCN)cc1CN. The number of ketones is 1. The van der Waals surface area contributed by atoms with Crippen LogP contribution in [0.2, 0.25) is 0 Å². The van der Waals surface area contributed by atoms with E-state index >= 15 is 0 Å². The molecule has 0 radical (unpaired) electrons. The zero-order valence-electron chi connectivity index (χ0n) is 10.8. The van der Waals surface area contributed by atoms with E-state index in [0.717, 1.165) is 21.8 Å². The molecule has 0 heterocycles. The smallest absolute Gasteiger partial charge is 0.160 e. The Bertz CT molecular complexity index is 353. The van der Waals surface area contributed by atoms with Crippen molar-refractivity contribution in [3.05, 3.63) is 29.3 Å². The van der Waals surface area contributed by atoms with Gasteiger partial charge in [0, 0.05) is 29.3 Å². The molecule has 1 rings (SSSR count). The summed E-state index contributed by atoms with van der Waals surface area (Å²) in [6.07, 6.45) is 0. The monoisotopic (exact) mass is 254 g/mol. The fourth-order valence-corrected chi connectivity index (χ4v) is 2.09. The molecule has 0 atom stereocenters. The van der Waals surface area contributed by atoms with Crippen molar-refractivity contribution in [2.75, 3.05) is 12.3 Å². The fraction of sp³-hybridized carbons (Fsp3) is 0.462. The van der Waals surface area contributed by atoms with E-state index in [-0.39, 0.29) is 5.78 Å². The summed E-state index contributed by atoms with van der Waals surface area (Å²) >= 11 is 1.68. The summed E-state index contributed by atoms with van der Waals surface area (Å²) in [4.78, 5) is 12.4. The fourth-order valence-electron chi connectivity index (χ4n) is 1.35. The minimum atomic E-state index is 0.0609. The van der Waals surface area contributed by atoms with Gasteiger partial charge in [-0.25, -0.2) is 0 Å². The quantitative estimate of drug-likeness (QED) is 0.625. The number of rotatable bonds is 5. The average Bonchev–Trinajstić information content (AvgIpc) is 2.38. The Morgan fingerprint density at radius 2 is 1.94 bits per heavy atom. The highest BCUT2D eigenvalue weighted by Crippen LogP contribution is 2.21. The first-order chi connectivity index (χ1) is 8.19. The first-order valence-corrected chi connectivity index (χ1v) is 6.84. The molecule has 0 fully saturated rings. The molecule has 0 bridgehead atoms. The van der Waals surface area contributed by atoms with Crippen LogP contribution in [-0.4, -0.2) is 18.1 Å². The van der Waals surface area contributed by atoms with Crippen molar-refractivity contribution in [3.63, 3.8) is 0 Å². The van der Waals surface area contributed by atoms with E-state index in [2.05, 4.69) is 0 Å². The minimum absolute atomic E-state index is 0.0609. The molecule has 0 amide bonds. The van der Waals surface area contributed by atoms with Gasteiger partial charge in [-0.3, -0.25) is 4.79 Å². The Labute approximate surface area is 108 Å². The van der Waals surface area contributed by atoms with Gasteiger partial charge in [0.25, 0.3) is 0 Å². The van der Waals surface area contributed by atoms with Crippen molar-refractivity contribution in [2.24, 2.45) is 11.5 Å². The topological polar surface area (TPSA) is 69.1 Å². The number of Topliss-reactive ketones (excluding diaryl/α,β-unsaturated/α-hetero) is 1. The zero-order chi connectivity index (χ0) is 13.3. The van der Waals surface area contributed by atoms with E-state index < -0.39 is 0 Å². The van der Waals surface area contributed by atoms with Crippen molar-refractivity contribution in [1.29, 1.82) is 0 Å². The molecule has 96 valence electrons. The summed E-state index contributed by atoms with van der Waals surface area (Å²) in [5.41, 5.74) is 12.6. The van der Waals surface area contributed by atoms with Gasteiger partial charge in [0.2, 0.25) is 0 Å². The lowest BCUT2D eigenvalue weighted by atomic mass is 10.0. The number of nitrogens with two attached hydrogens (primary N) is 2. The molecule has 3 nitrogen and oxygen atoms in total. The molecular formula is C13H22N2OS. The van der Waals surface area contributed by atoms with Gasteiger partial charge in [-0.05, 0) is 30.7 Å². The minimum Gasteiger partial charge on any atom is -0.330 e. The maximum absolute atomic E-state index is 11.3. The van der Waals surface area contributed by atoms with Crippen LogP contribution >= 0.6 is 11.8 Å². The average molecular weight is 254 g/mol. The number of benzene rings is 1. The second kappa shape index (κ2) is 9.22. The van der Waals surface area contributed by atoms with Gasteiger partial charge in [-0.2, -0.15) is 0 Å². The van der Waals surface area contributed by atoms with Crippen LogP contribution in [0.3, 0.4) is 0 Å². The lowest BCUT2D eigenvalue weighted by Gasteiger charge is -2.07. The van der Waals surface area contributed by atoms with Gasteiger partial charge in [0.1, 0.15) is 0 Å². The Balaban J connectivity index is 0.00000121. The van der Waals surface area contributed by atoms with Crippen molar-refractivity contribution in [2.45, 2.75) is 32.2 Å². The van der Waals surface area contributed by atoms with E-state index in [1.165, 1.54) is 0 Å². The Kier molecular flexibility index (Phi) is 8.76. The molecule has 0 saturated heterocycles. The number of hydrogen-bond donors (Lipinski definition) is 2.